The molecule has 3 aromatic rings. The summed E-state index contributed by atoms with van der Waals surface area (Å²) in [5.41, 5.74) is 2.77. The summed E-state index contributed by atoms with van der Waals surface area (Å²) in [6.45, 7) is 7.89. The number of benzene rings is 2. The molecule has 2 heterocycles. The van der Waals surface area contributed by atoms with E-state index in [0.717, 1.165) is 22.2 Å². The molecule has 1 aliphatic rings. The number of carbonyl (C=O) groups excluding carboxylic acids is 1. The quantitative estimate of drug-likeness (QED) is 0.593. The molecule has 32 heavy (non-hydrogen) atoms. The second-order valence-corrected chi connectivity index (χ2v) is 9.96. The molecule has 168 valence electrons. The van der Waals surface area contributed by atoms with Crippen molar-refractivity contribution in [3.63, 3.8) is 0 Å². The maximum Gasteiger partial charge on any atom is 0.321 e. The summed E-state index contributed by atoms with van der Waals surface area (Å²) < 4.78 is 30.1. The van der Waals surface area contributed by atoms with Gasteiger partial charge >= 0.3 is 6.03 Å². The van der Waals surface area contributed by atoms with Gasteiger partial charge in [0.15, 0.2) is 0 Å². The van der Waals surface area contributed by atoms with Crippen molar-refractivity contribution >= 4 is 32.6 Å². The lowest BCUT2D eigenvalue weighted by Crippen LogP contribution is -2.39. The highest BCUT2D eigenvalue weighted by molar-refractivity contribution is 7.89. The smallest absolute Gasteiger partial charge is 0.321 e. The zero-order valence-electron chi connectivity index (χ0n) is 18.2. The fourth-order valence-electron chi connectivity index (χ4n) is 4.05. The molecule has 0 saturated carbocycles. The molecule has 0 radical (unpaired) electrons. The number of carbonyl (C=O) groups is 1. The van der Waals surface area contributed by atoms with Crippen LogP contribution in [0.2, 0.25) is 0 Å². The average molecular weight is 453 g/mol. The van der Waals surface area contributed by atoms with Gasteiger partial charge in [-0.15, -0.1) is 6.58 Å². The van der Waals surface area contributed by atoms with Crippen molar-refractivity contribution in [3.8, 4) is 0 Å². The first-order chi connectivity index (χ1) is 15.4. The minimum Gasteiger partial charge on any atom is -0.344 e. The lowest BCUT2D eigenvalue weighted by Gasteiger charge is -2.22. The third-order valence-electron chi connectivity index (χ3n) is 5.72. The van der Waals surface area contributed by atoms with Gasteiger partial charge in [-0.25, -0.2) is 13.2 Å². The van der Waals surface area contributed by atoms with Gasteiger partial charge in [0.05, 0.1) is 4.90 Å². The van der Waals surface area contributed by atoms with Crippen LogP contribution in [-0.2, 0) is 16.6 Å². The van der Waals surface area contributed by atoms with Gasteiger partial charge in [0.25, 0.3) is 0 Å². The summed E-state index contributed by atoms with van der Waals surface area (Å²) in [5, 5.41) is 3.78. The van der Waals surface area contributed by atoms with Gasteiger partial charge in [0.2, 0.25) is 10.0 Å². The van der Waals surface area contributed by atoms with E-state index in [1.807, 2.05) is 60.2 Å². The number of hydrogen-bond donors (Lipinski definition) is 1. The molecule has 8 heteroatoms. The predicted octanol–water partition coefficient (Wildman–Crippen LogP) is 4.06. The molecule has 0 atom stereocenters. The highest BCUT2D eigenvalue weighted by atomic mass is 32.2. The highest BCUT2D eigenvalue weighted by Gasteiger charge is 2.28. The van der Waals surface area contributed by atoms with Gasteiger partial charge in [-0.05, 0) is 55.3 Å². The summed E-state index contributed by atoms with van der Waals surface area (Å²) in [6, 6.07) is 14.5. The van der Waals surface area contributed by atoms with E-state index in [-0.39, 0.29) is 17.5 Å². The Bertz CT molecular complexity index is 1250. The number of aromatic nitrogens is 1. The summed E-state index contributed by atoms with van der Waals surface area (Å²) in [4.78, 5) is 14.7. The van der Waals surface area contributed by atoms with Crippen molar-refractivity contribution in [1.29, 1.82) is 0 Å². The van der Waals surface area contributed by atoms with Crippen LogP contribution in [-0.4, -0.2) is 54.4 Å². The number of anilines is 1. The third-order valence-corrected chi connectivity index (χ3v) is 7.61. The normalized spacial score (nSPS) is 15.5. The molecule has 4 rings (SSSR count). The molecular formula is C24H28N4O3S. The number of rotatable bonds is 5. The zero-order chi connectivity index (χ0) is 22.7. The number of allylic oxidation sites excluding steroid dienone is 1. The minimum absolute atomic E-state index is 0.208. The molecule has 2 aromatic carbocycles. The molecule has 0 unspecified atom stereocenters. The van der Waals surface area contributed by atoms with Gasteiger partial charge in [-0.1, -0.05) is 18.2 Å². The Hall–Kier alpha value is -3.10. The standard InChI is InChI=1S/C24H28N4O3S/c1-3-11-26-14-10-20-18-22(8-9-23(20)26)32(30,31)28-13-5-12-27(15-16-28)24(29)25-21-7-4-6-19(2)17-21/h3-4,6-10,14,17-18H,1,5,11-13,15-16H2,2H3,(H,25,29). The number of aryl methyl sites for hydroxylation is 1. The molecule has 1 N–H and O–H groups in total. The Morgan fingerprint density at radius 2 is 1.94 bits per heavy atom. The Balaban J connectivity index is 1.46. The number of amides is 2. The topological polar surface area (TPSA) is 74.7 Å². The van der Waals surface area contributed by atoms with Crippen molar-refractivity contribution in [2.45, 2.75) is 24.8 Å². The van der Waals surface area contributed by atoms with Crippen LogP contribution in [0.4, 0.5) is 10.5 Å². The maximum atomic E-state index is 13.3. The Labute approximate surface area is 189 Å². The summed E-state index contributed by atoms with van der Waals surface area (Å²) in [6.07, 6.45) is 4.32. The minimum atomic E-state index is -3.65. The van der Waals surface area contributed by atoms with Crippen molar-refractivity contribution < 1.29 is 13.2 Å². The van der Waals surface area contributed by atoms with Crippen LogP contribution >= 0.6 is 0 Å². The molecule has 1 aliphatic heterocycles. The number of nitrogens with one attached hydrogen (secondary N) is 1. The first-order valence-corrected chi connectivity index (χ1v) is 12.1. The van der Waals surface area contributed by atoms with Gasteiger partial charge in [0.1, 0.15) is 0 Å². The summed E-state index contributed by atoms with van der Waals surface area (Å²) in [5.74, 6) is 0. The van der Waals surface area contributed by atoms with E-state index in [4.69, 9.17) is 0 Å². The molecule has 2 amide bonds. The second kappa shape index (κ2) is 9.18. The maximum absolute atomic E-state index is 13.3. The van der Waals surface area contributed by atoms with E-state index in [9.17, 15) is 13.2 Å². The lowest BCUT2D eigenvalue weighted by molar-refractivity contribution is 0.214. The largest absolute Gasteiger partial charge is 0.344 e. The van der Waals surface area contributed by atoms with Crippen LogP contribution in [0.3, 0.4) is 0 Å². The molecule has 7 nitrogen and oxygen atoms in total. The first-order valence-electron chi connectivity index (χ1n) is 10.7. The van der Waals surface area contributed by atoms with Gasteiger partial charge in [-0.3, -0.25) is 0 Å². The van der Waals surface area contributed by atoms with Crippen molar-refractivity contribution in [1.82, 2.24) is 13.8 Å². The van der Waals surface area contributed by atoms with Crippen LogP contribution in [0, 0.1) is 6.92 Å². The summed E-state index contributed by atoms with van der Waals surface area (Å²) in [7, 11) is -3.65. The van der Waals surface area contributed by atoms with E-state index in [2.05, 4.69) is 11.9 Å². The molecule has 1 saturated heterocycles. The molecule has 1 aromatic heterocycles. The average Bonchev–Trinajstić information content (AvgIpc) is 2.99. The van der Waals surface area contributed by atoms with Crippen LogP contribution < -0.4 is 5.32 Å². The molecule has 1 fully saturated rings. The second-order valence-electron chi connectivity index (χ2n) is 8.02. The third kappa shape index (κ3) is 4.56. The predicted molar refractivity (Wildman–Crippen MR) is 127 cm³/mol. The van der Waals surface area contributed by atoms with Crippen molar-refractivity contribution in [3.05, 3.63) is 72.9 Å². The van der Waals surface area contributed by atoms with Gasteiger partial charge in [-0.2, -0.15) is 4.31 Å². The highest BCUT2D eigenvalue weighted by Crippen LogP contribution is 2.24. The van der Waals surface area contributed by atoms with Crippen LogP contribution in [0.15, 0.2) is 72.3 Å². The molecule has 0 spiro atoms. The van der Waals surface area contributed by atoms with E-state index >= 15 is 0 Å². The van der Waals surface area contributed by atoms with E-state index < -0.39 is 10.0 Å². The SMILES string of the molecule is C=CCn1ccc2cc(S(=O)(=O)N3CCCN(C(=O)Nc4cccc(C)c4)CC3)ccc21. The van der Waals surface area contributed by atoms with Crippen molar-refractivity contribution in [2.24, 2.45) is 0 Å². The number of hydrogen-bond acceptors (Lipinski definition) is 3. The van der Waals surface area contributed by atoms with E-state index in [1.165, 1.54) is 4.31 Å². The number of fused-ring (bicyclic) bond motifs is 1. The molecule has 0 bridgehead atoms. The fourth-order valence-corrected chi connectivity index (χ4v) is 5.55. The zero-order valence-corrected chi connectivity index (χ0v) is 19.0. The van der Waals surface area contributed by atoms with Crippen LogP contribution in [0.1, 0.15) is 12.0 Å². The van der Waals surface area contributed by atoms with Crippen LogP contribution in [0.25, 0.3) is 10.9 Å². The Kier molecular flexibility index (Phi) is 6.34. The Morgan fingerprint density at radius 1 is 1.09 bits per heavy atom. The monoisotopic (exact) mass is 452 g/mol. The van der Waals surface area contributed by atoms with Crippen LogP contribution in [0.5, 0.6) is 0 Å². The first kappa shape index (κ1) is 22.1. The summed E-state index contributed by atoms with van der Waals surface area (Å²) >= 11 is 0. The molecular weight excluding hydrogens is 424 g/mol. The van der Waals surface area contributed by atoms with Gasteiger partial charge in [0, 0.05) is 55.5 Å². The fraction of sp³-hybridized carbons (Fsp3) is 0.292. The van der Waals surface area contributed by atoms with E-state index in [1.54, 1.807) is 17.0 Å². The van der Waals surface area contributed by atoms with Crippen molar-refractivity contribution in [2.75, 3.05) is 31.5 Å². The number of urea groups is 1. The van der Waals surface area contributed by atoms with Gasteiger partial charge < -0.3 is 14.8 Å². The lowest BCUT2D eigenvalue weighted by atomic mass is 10.2. The molecule has 0 aliphatic carbocycles. The van der Waals surface area contributed by atoms with E-state index in [0.29, 0.717) is 32.6 Å². The Morgan fingerprint density at radius 3 is 2.72 bits per heavy atom. The number of sulfonamides is 1. The number of nitrogens with zero attached hydrogens (tertiary/aromatic N) is 3.